The molecule has 1 N–H and O–H groups in total. The summed E-state index contributed by atoms with van der Waals surface area (Å²) in [7, 11) is 1.63. The van der Waals surface area contributed by atoms with Crippen molar-refractivity contribution in [2.45, 2.75) is 27.7 Å². The molecule has 0 aromatic heterocycles. The van der Waals surface area contributed by atoms with Crippen LogP contribution in [0.5, 0.6) is 0 Å². The molecule has 0 heterocycles. The standard InChI is InChI=1S/C16H19NO.C2H6.2H2/c1-4-6-15(16(18)17-3)8-5-7-14-11-9-13(2)10-12-14;1-2;;/h4-12H,1-3H3,(H,17,18);1-2H3;2*1H/b6-4-,7-5+,15-8+;;;. The Morgan fingerprint density at radius 2 is 1.80 bits per heavy atom. The van der Waals surface area contributed by atoms with Gasteiger partial charge in [0, 0.05) is 15.5 Å². The van der Waals surface area contributed by atoms with E-state index >= 15 is 0 Å². The van der Waals surface area contributed by atoms with Gasteiger partial charge in [0.25, 0.3) is 5.91 Å². The number of aryl methyl sites for hydroxylation is 1. The lowest BCUT2D eigenvalue weighted by molar-refractivity contribution is -0.116. The van der Waals surface area contributed by atoms with Gasteiger partial charge in [-0.05, 0) is 25.5 Å². The molecule has 0 unspecified atom stereocenters. The van der Waals surface area contributed by atoms with E-state index < -0.39 is 0 Å². The first-order valence-corrected chi connectivity index (χ1v) is 6.97. The Morgan fingerprint density at radius 3 is 2.30 bits per heavy atom. The Kier molecular flexibility index (Phi) is 9.67. The van der Waals surface area contributed by atoms with Crippen molar-refractivity contribution in [3.05, 3.63) is 65.3 Å². The highest BCUT2D eigenvalue weighted by Gasteiger charge is 2.00. The summed E-state index contributed by atoms with van der Waals surface area (Å²) in [6.45, 7) is 7.95. The molecule has 112 valence electrons. The number of likely N-dealkylation sites (N-methyl/N-ethyl adjacent to an activating group) is 1. The van der Waals surface area contributed by atoms with E-state index in [1.54, 1.807) is 19.2 Å². The topological polar surface area (TPSA) is 29.1 Å². The van der Waals surface area contributed by atoms with Crippen LogP contribution in [-0.2, 0) is 4.79 Å². The summed E-state index contributed by atoms with van der Waals surface area (Å²) in [6, 6.07) is 8.23. The average molecular weight is 275 g/mol. The number of hydrogen-bond acceptors (Lipinski definition) is 1. The van der Waals surface area contributed by atoms with E-state index in [9.17, 15) is 4.79 Å². The number of carbonyl (C=O) groups is 1. The van der Waals surface area contributed by atoms with E-state index in [2.05, 4.69) is 36.5 Å². The minimum Gasteiger partial charge on any atom is -0.355 e. The predicted molar refractivity (Wildman–Crippen MR) is 92.8 cm³/mol. The normalized spacial score (nSPS) is 11.3. The van der Waals surface area contributed by atoms with Crippen molar-refractivity contribution in [1.29, 1.82) is 0 Å². The van der Waals surface area contributed by atoms with Gasteiger partial charge in [-0.2, -0.15) is 0 Å². The highest BCUT2D eigenvalue weighted by molar-refractivity contribution is 5.96. The minimum absolute atomic E-state index is 0. The first-order valence-electron chi connectivity index (χ1n) is 6.97. The maximum atomic E-state index is 11.5. The van der Waals surface area contributed by atoms with Crippen LogP contribution >= 0.6 is 0 Å². The second-order valence-corrected chi connectivity index (χ2v) is 3.97. The van der Waals surface area contributed by atoms with Gasteiger partial charge >= 0.3 is 0 Å². The van der Waals surface area contributed by atoms with Crippen LogP contribution in [0.2, 0.25) is 0 Å². The van der Waals surface area contributed by atoms with Crippen molar-refractivity contribution in [3.63, 3.8) is 0 Å². The van der Waals surface area contributed by atoms with Crippen LogP contribution in [0.1, 0.15) is 34.8 Å². The van der Waals surface area contributed by atoms with E-state index in [1.807, 2.05) is 39.0 Å². The zero-order chi connectivity index (χ0) is 15.4. The van der Waals surface area contributed by atoms with E-state index in [0.717, 1.165) is 5.56 Å². The SMILES string of the molecule is CC.C\C=C/C(=C\C=C\c1ccc(C)cc1)C(=O)NC.[HH].[HH]. The van der Waals surface area contributed by atoms with Crippen LogP contribution in [0.4, 0.5) is 0 Å². The molecule has 0 atom stereocenters. The minimum atomic E-state index is -0.0818. The summed E-state index contributed by atoms with van der Waals surface area (Å²) in [5, 5.41) is 2.61. The Morgan fingerprint density at radius 1 is 1.20 bits per heavy atom. The summed E-state index contributed by atoms with van der Waals surface area (Å²) < 4.78 is 0. The van der Waals surface area contributed by atoms with Gasteiger partial charge in [-0.1, -0.05) is 68.0 Å². The predicted octanol–water partition coefficient (Wildman–Crippen LogP) is 4.77. The molecule has 1 amide bonds. The summed E-state index contributed by atoms with van der Waals surface area (Å²) in [4.78, 5) is 11.5. The zero-order valence-electron chi connectivity index (χ0n) is 13.1. The highest BCUT2D eigenvalue weighted by atomic mass is 16.1. The number of nitrogens with one attached hydrogen (secondary N) is 1. The summed E-state index contributed by atoms with van der Waals surface area (Å²) >= 11 is 0. The lowest BCUT2D eigenvalue weighted by Gasteiger charge is -1.98. The van der Waals surface area contributed by atoms with Gasteiger partial charge in [-0.25, -0.2) is 0 Å². The number of carbonyl (C=O) groups excluding carboxylic acids is 1. The second kappa shape index (κ2) is 10.8. The monoisotopic (exact) mass is 275 g/mol. The van der Waals surface area contributed by atoms with Gasteiger partial charge in [0.2, 0.25) is 0 Å². The molecule has 0 aliphatic rings. The van der Waals surface area contributed by atoms with E-state index in [4.69, 9.17) is 0 Å². The van der Waals surface area contributed by atoms with Crippen LogP contribution in [-0.4, -0.2) is 13.0 Å². The number of allylic oxidation sites excluding steroid dienone is 3. The van der Waals surface area contributed by atoms with Crippen LogP contribution in [0.15, 0.2) is 54.1 Å². The summed E-state index contributed by atoms with van der Waals surface area (Å²) in [6.07, 6.45) is 9.30. The number of amides is 1. The molecule has 1 aromatic carbocycles. The zero-order valence-corrected chi connectivity index (χ0v) is 13.1. The van der Waals surface area contributed by atoms with Crippen LogP contribution in [0.25, 0.3) is 6.08 Å². The molecular formula is C18H29NO. The molecule has 0 fully saturated rings. The lowest BCUT2D eigenvalue weighted by atomic mass is 10.1. The third kappa shape index (κ3) is 6.74. The molecule has 0 aliphatic heterocycles. The molecule has 0 bridgehead atoms. The van der Waals surface area contributed by atoms with Gasteiger partial charge in [0.05, 0.1) is 0 Å². The van der Waals surface area contributed by atoms with Gasteiger partial charge in [-0.15, -0.1) is 0 Å². The molecule has 1 aromatic rings. The Balaban J connectivity index is -0.000000864. The highest BCUT2D eigenvalue weighted by Crippen LogP contribution is 2.06. The van der Waals surface area contributed by atoms with Gasteiger partial charge < -0.3 is 5.32 Å². The number of rotatable bonds is 4. The maximum Gasteiger partial charge on any atom is 0.251 e. The summed E-state index contributed by atoms with van der Waals surface area (Å²) in [5.74, 6) is -0.0818. The molecule has 0 spiro atoms. The number of hydrogen-bond donors (Lipinski definition) is 1. The first-order chi connectivity index (χ1) is 9.67. The number of benzene rings is 1. The van der Waals surface area contributed by atoms with Crippen LogP contribution < -0.4 is 5.32 Å². The quantitative estimate of drug-likeness (QED) is 0.622. The molecular weight excluding hydrogens is 246 g/mol. The fourth-order valence-electron chi connectivity index (χ4n) is 1.47. The molecule has 2 nitrogen and oxygen atoms in total. The maximum absolute atomic E-state index is 11.5. The van der Waals surface area contributed by atoms with Gasteiger partial charge in [-0.3, -0.25) is 4.79 Å². The molecule has 0 saturated carbocycles. The first kappa shape index (κ1) is 17.9. The Hall–Kier alpha value is -2.09. The Bertz CT molecular complexity index is 488. The Labute approximate surface area is 125 Å². The molecule has 1 rings (SSSR count). The van der Waals surface area contributed by atoms with E-state index in [1.165, 1.54) is 5.56 Å². The van der Waals surface area contributed by atoms with Crippen molar-refractivity contribution in [2.75, 3.05) is 7.05 Å². The average Bonchev–Trinajstić information content (AvgIpc) is 2.49. The molecule has 0 saturated heterocycles. The van der Waals surface area contributed by atoms with Crippen molar-refractivity contribution in [1.82, 2.24) is 5.32 Å². The molecule has 20 heavy (non-hydrogen) atoms. The van der Waals surface area contributed by atoms with Crippen molar-refractivity contribution in [3.8, 4) is 0 Å². The van der Waals surface area contributed by atoms with E-state index in [-0.39, 0.29) is 8.76 Å². The molecule has 0 aliphatic carbocycles. The smallest absolute Gasteiger partial charge is 0.251 e. The molecule has 2 heteroatoms. The van der Waals surface area contributed by atoms with Crippen molar-refractivity contribution in [2.24, 2.45) is 0 Å². The van der Waals surface area contributed by atoms with Gasteiger partial charge in [0.15, 0.2) is 0 Å². The van der Waals surface area contributed by atoms with Crippen molar-refractivity contribution < 1.29 is 7.65 Å². The summed E-state index contributed by atoms with van der Waals surface area (Å²) in [5.41, 5.74) is 3.00. The van der Waals surface area contributed by atoms with Crippen molar-refractivity contribution >= 4 is 12.0 Å². The van der Waals surface area contributed by atoms with E-state index in [0.29, 0.717) is 5.57 Å². The largest absolute Gasteiger partial charge is 0.355 e. The molecule has 0 radical (unpaired) electrons. The lowest BCUT2D eigenvalue weighted by Crippen LogP contribution is -2.18. The van der Waals surface area contributed by atoms with Crippen LogP contribution in [0.3, 0.4) is 0 Å². The van der Waals surface area contributed by atoms with Crippen LogP contribution in [0, 0.1) is 6.92 Å². The fraction of sp³-hybridized carbons (Fsp3) is 0.278. The third-order valence-electron chi connectivity index (χ3n) is 2.48. The fourth-order valence-corrected chi connectivity index (χ4v) is 1.47. The second-order valence-electron chi connectivity index (χ2n) is 3.97. The van der Waals surface area contributed by atoms with Gasteiger partial charge in [0.1, 0.15) is 0 Å². The third-order valence-corrected chi connectivity index (χ3v) is 2.48.